The molecule has 0 aliphatic rings. The average molecular weight is 196 g/mol. The van der Waals surface area contributed by atoms with Crippen molar-refractivity contribution in [3.63, 3.8) is 0 Å². The Balaban J connectivity index is 3.74. The van der Waals surface area contributed by atoms with Crippen LogP contribution in [0.4, 0.5) is 0 Å². The van der Waals surface area contributed by atoms with Crippen molar-refractivity contribution in [2.45, 2.75) is 26.6 Å². The zero-order chi connectivity index (χ0) is 10.3. The summed E-state index contributed by atoms with van der Waals surface area (Å²) >= 11 is 0. The van der Waals surface area contributed by atoms with Crippen molar-refractivity contribution in [2.75, 3.05) is 6.61 Å². The number of allylic oxidation sites excluding steroid dienone is 1. The van der Waals surface area contributed by atoms with E-state index in [2.05, 4.69) is 31.1 Å². The predicted molar refractivity (Wildman–Crippen MR) is 56.9 cm³/mol. The van der Waals surface area contributed by atoms with Gasteiger partial charge in [-0.15, -0.1) is 5.54 Å². The summed E-state index contributed by atoms with van der Waals surface area (Å²) in [7, 11) is -1.26. The van der Waals surface area contributed by atoms with Gasteiger partial charge in [0.1, 0.15) is 14.7 Å². The molecule has 0 aromatic carbocycles. The summed E-state index contributed by atoms with van der Waals surface area (Å²) in [5, 5.41) is 0. The highest BCUT2D eigenvalue weighted by Crippen LogP contribution is 1.95. The quantitative estimate of drug-likeness (QED) is 0.383. The molecule has 0 atom stereocenters. The number of ether oxygens (including phenoxy) is 1. The van der Waals surface area contributed by atoms with Gasteiger partial charge >= 0.3 is 5.97 Å². The first-order valence-electron chi connectivity index (χ1n) is 4.23. The van der Waals surface area contributed by atoms with E-state index in [4.69, 9.17) is 4.74 Å². The highest BCUT2D eigenvalue weighted by Gasteiger charge is 2.06. The first kappa shape index (κ1) is 12.0. The number of carbonyl (C=O) groups excluding carboxylic acids is 1. The SMILES string of the molecule is CC(=O)OC/C=C/C#C[Si](C)(C)C. The fraction of sp³-hybridized carbons (Fsp3) is 0.500. The molecule has 0 aliphatic heterocycles. The predicted octanol–water partition coefficient (Wildman–Crippen LogP) is 1.99. The molecule has 0 fully saturated rings. The Morgan fingerprint density at radius 1 is 1.46 bits per heavy atom. The molecule has 0 radical (unpaired) electrons. The van der Waals surface area contributed by atoms with Crippen LogP contribution in [0.5, 0.6) is 0 Å². The third-order valence-electron chi connectivity index (χ3n) is 1.03. The minimum atomic E-state index is -1.26. The molecule has 2 nitrogen and oxygen atoms in total. The summed E-state index contributed by atoms with van der Waals surface area (Å²) in [6, 6.07) is 0. The number of hydrogen-bond donors (Lipinski definition) is 0. The Morgan fingerprint density at radius 3 is 2.54 bits per heavy atom. The summed E-state index contributed by atoms with van der Waals surface area (Å²) in [5.74, 6) is 2.68. The largest absolute Gasteiger partial charge is 0.462 e. The van der Waals surface area contributed by atoms with Crippen LogP contribution in [0.1, 0.15) is 6.92 Å². The second-order valence-corrected chi connectivity index (χ2v) is 8.47. The van der Waals surface area contributed by atoms with Crippen LogP contribution in [0.15, 0.2) is 12.2 Å². The van der Waals surface area contributed by atoms with Crippen LogP contribution < -0.4 is 0 Å². The van der Waals surface area contributed by atoms with Crippen LogP contribution in [-0.2, 0) is 9.53 Å². The minimum Gasteiger partial charge on any atom is -0.462 e. The van der Waals surface area contributed by atoms with Gasteiger partial charge in [0.05, 0.1) is 0 Å². The summed E-state index contributed by atoms with van der Waals surface area (Å²) in [4.78, 5) is 10.4. The lowest BCUT2D eigenvalue weighted by atomic mass is 10.5. The van der Waals surface area contributed by atoms with Crippen LogP contribution in [0.25, 0.3) is 0 Å². The molecule has 0 spiro atoms. The number of rotatable bonds is 2. The lowest BCUT2D eigenvalue weighted by Gasteiger charge is -2.02. The van der Waals surface area contributed by atoms with Gasteiger partial charge in [0, 0.05) is 6.92 Å². The molecular weight excluding hydrogens is 180 g/mol. The van der Waals surface area contributed by atoms with Gasteiger partial charge < -0.3 is 4.74 Å². The van der Waals surface area contributed by atoms with E-state index >= 15 is 0 Å². The van der Waals surface area contributed by atoms with Crippen LogP contribution in [-0.4, -0.2) is 20.7 Å². The van der Waals surface area contributed by atoms with Gasteiger partial charge in [-0.2, -0.15) is 0 Å². The molecule has 72 valence electrons. The van der Waals surface area contributed by atoms with Crippen molar-refractivity contribution in [1.82, 2.24) is 0 Å². The lowest BCUT2D eigenvalue weighted by molar-refractivity contribution is -0.139. The van der Waals surface area contributed by atoms with E-state index in [1.807, 2.05) is 0 Å². The van der Waals surface area contributed by atoms with Gasteiger partial charge in [-0.3, -0.25) is 4.79 Å². The Morgan fingerprint density at radius 2 is 2.08 bits per heavy atom. The van der Waals surface area contributed by atoms with Crippen molar-refractivity contribution < 1.29 is 9.53 Å². The van der Waals surface area contributed by atoms with Crippen molar-refractivity contribution >= 4 is 14.0 Å². The van der Waals surface area contributed by atoms with Crippen molar-refractivity contribution in [1.29, 1.82) is 0 Å². The molecule has 0 aromatic heterocycles. The Hall–Kier alpha value is -1.01. The maximum atomic E-state index is 10.4. The molecular formula is C10H16O2Si. The van der Waals surface area contributed by atoms with Gasteiger partial charge in [-0.05, 0) is 12.2 Å². The van der Waals surface area contributed by atoms with E-state index in [-0.39, 0.29) is 5.97 Å². The van der Waals surface area contributed by atoms with Crippen molar-refractivity contribution in [2.24, 2.45) is 0 Å². The maximum absolute atomic E-state index is 10.4. The van der Waals surface area contributed by atoms with Gasteiger partial charge in [-0.1, -0.05) is 25.6 Å². The summed E-state index contributed by atoms with van der Waals surface area (Å²) in [6.07, 6.45) is 3.48. The zero-order valence-electron chi connectivity index (χ0n) is 8.68. The second kappa shape index (κ2) is 5.60. The Labute approximate surface area is 81.0 Å². The molecule has 0 N–H and O–H groups in total. The first-order valence-corrected chi connectivity index (χ1v) is 7.73. The van der Waals surface area contributed by atoms with E-state index < -0.39 is 8.07 Å². The third-order valence-corrected chi connectivity index (χ3v) is 1.93. The van der Waals surface area contributed by atoms with E-state index in [1.165, 1.54) is 6.92 Å². The molecule has 0 aliphatic carbocycles. The first-order chi connectivity index (χ1) is 5.92. The summed E-state index contributed by atoms with van der Waals surface area (Å²) in [6.45, 7) is 8.25. The topological polar surface area (TPSA) is 26.3 Å². The highest BCUT2D eigenvalue weighted by atomic mass is 28.3. The molecule has 0 aromatic rings. The van der Waals surface area contributed by atoms with Crippen molar-refractivity contribution in [3.8, 4) is 11.5 Å². The van der Waals surface area contributed by atoms with Gasteiger partial charge in [-0.25, -0.2) is 0 Å². The second-order valence-electron chi connectivity index (χ2n) is 3.72. The Bertz CT molecular complexity index is 250. The zero-order valence-corrected chi connectivity index (χ0v) is 9.68. The van der Waals surface area contributed by atoms with Crippen LogP contribution in [0.3, 0.4) is 0 Å². The lowest BCUT2D eigenvalue weighted by Crippen LogP contribution is -2.16. The standard InChI is InChI=1S/C10H16O2Si/c1-10(11)12-8-6-5-7-9-13(2,3)4/h5-6H,8H2,1-4H3/b6-5+. The van der Waals surface area contributed by atoms with Gasteiger partial charge in [0.25, 0.3) is 0 Å². The van der Waals surface area contributed by atoms with Gasteiger partial charge in [0.2, 0.25) is 0 Å². The van der Waals surface area contributed by atoms with Crippen LogP contribution in [0, 0.1) is 11.5 Å². The molecule has 0 saturated heterocycles. The number of esters is 1. The number of hydrogen-bond acceptors (Lipinski definition) is 2. The monoisotopic (exact) mass is 196 g/mol. The fourth-order valence-corrected chi connectivity index (χ4v) is 1.05. The molecule has 0 bridgehead atoms. The number of carbonyl (C=O) groups is 1. The van der Waals surface area contributed by atoms with E-state index in [0.717, 1.165) is 0 Å². The molecule has 0 amide bonds. The molecule has 3 heteroatoms. The minimum absolute atomic E-state index is 0.261. The smallest absolute Gasteiger partial charge is 0.302 e. The van der Waals surface area contributed by atoms with E-state index in [9.17, 15) is 4.79 Å². The van der Waals surface area contributed by atoms with Gasteiger partial charge in [0.15, 0.2) is 0 Å². The summed E-state index contributed by atoms with van der Waals surface area (Å²) < 4.78 is 4.69. The molecule has 0 heterocycles. The molecule has 0 rings (SSSR count). The van der Waals surface area contributed by atoms with Crippen LogP contribution in [0.2, 0.25) is 19.6 Å². The maximum Gasteiger partial charge on any atom is 0.302 e. The van der Waals surface area contributed by atoms with Crippen molar-refractivity contribution in [3.05, 3.63) is 12.2 Å². The highest BCUT2D eigenvalue weighted by molar-refractivity contribution is 6.83. The normalized spacial score (nSPS) is 10.8. The molecule has 13 heavy (non-hydrogen) atoms. The average Bonchev–Trinajstić information content (AvgIpc) is 1.93. The van der Waals surface area contributed by atoms with E-state index in [0.29, 0.717) is 6.61 Å². The molecule has 0 unspecified atom stereocenters. The third kappa shape index (κ3) is 11.0. The fourth-order valence-electron chi connectivity index (χ4n) is 0.531. The van der Waals surface area contributed by atoms with E-state index in [1.54, 1.807) is 12.2 Å². The Kier molecular flexibility index (Phi) is 5.16. The molecule has 0 saturated carbocycles. The summed E-state index contributed by atoms with van der Waals surface area (Å²) in [5.41, 5.74) is 3.17. The van der Waals surface area contributed by atoms with Crippen LogP contribution >= 0.6 is 0 Å².